The average molecular weight is 387 g/mol. The predicted octanol–water partition coefficient (Wildman–Crippen LogP) is 2.40. The fraction of sp³-hybridized carbons (Fsp3) is 0.263. The molecule has 7 nitrogen and oxygen atoms in total. The van der Waals surface area contributed by atoms with Crippen LogP contribution in [0.3, 0.4) is 0 Å². The van der Waals surface area contributed by atoms with Gasteiger partial charge in [-0.25, -0.2) is 4.79 Å². The first-order valence-electron chi connectivity index (χ1n) is 8.38. The Labute approximate surface area is 160 Å². The van der Waals surface area contributed by atoms with Gasteiger partial charge in [-0.1, -0.05) is 42.0 Å². The number of hydrogen-bond acceptors (Lipinski definition) is 4. The minimum atomic E-state index is -0.611. The highest BCUT2D eigenvalue weighted by Crippen LogP contribution is 2.16. The molecule has 140 valence electrons. The normalized spacial score (nSPS) is 11.0. The maximum atomic E-state index is 13.0. The third-order valence-electron chi connectivity index (χ3n) is 4.27. The van der Waals surface area contributed by atoms with E-state index in [9.17, 15) is 14.4 Å². The molecule has 0 aliphatic rings. The SMILES string of the molecule is CC(C)=CCn1c(Cl)nc2c1c(=O)n(CC(=O)c1ccccc1)c(=O)n2C. The van der Waals surface area contributed by atoms with Gasteiger partial charge in [0.05, 0.1) is 6.54 Å². The van der Waals surface area contributed by atoms with Crippen LogP contribution in [0.15, 0.2) is 51.6 Å². The fourth-order valence-electron chi connectivity index (χ4n) is 2.78. The molecule has 3 aromatic rings. The lowest BCUT2D eigenvalue weighted by atomic mass is 10.1. The van der Waals surface area contributed by atoms with Gasteiger partial charge in [0.2, 0.25) is 5.28 Å². The molecular formula is C19H19ClN4O3. The molecule has 0 aliphatic heterocycles. The molecule has 0 saturated heterocycles. The fourth-order valence-corrected chi connectivity index (χ4v) is 3.02. The summed E-state index contributed by atoms with van der Waals surface area (Å²) in [7, 11) is 1.50. The van der Waals surface area contributed by atoms with Crippen molar-refractivity contribution in [3.63, 3.8) is 0 Å². The lowest BCUT2D eigenvalue weighted by Crippen LogP contribution is -2.41. The number of aromatic nitrogens is 4. The van der Waals surface area contributed by atoms with E-state index in [-0.39, 0.29) is 28.8 Å². The van der Waals surface area contributed by atoms with Crippen molar-refractivity contribution in [1.29, 1.82) is 0 Å². The summed E-state index contributed by atoms with van der Waals surface area (Å²) >= 11 is 6.19. The summed E-state index contributed by atoms with van der Waals surface area (Å²) in [6.45, 7) is 3.85. The Hall–Kier alpha value is -2.93. The van der Waals surface area contributed by atoms with Gasteiger partial charge in [-0.05, 0) is 25.4 Å². The molecule has 0 amide bonds. The maximum Gasteiger partial charge on any atom is 0.332 e. The summed E-state index contributed by atoms with van der Waals surface area (Å²) < 4.78 is 3.70. The molecule has 3 rings (SSSR count). The number of carbonyl (C=O) groups is 1. The zero-order valence-corrected chi connectivity index (χ0v) is 16.0. The van der Waals surface area contributed by atoms with E-state index in [1.54, 1.807) is 30.3 Å². The van der Waals surface area contributed by atoms with Gasteiger partial charge in [-0.3, -0.25) is 18.7 Å². The molecule has 0 atom stereocenters. The lowest BCUT2D eigenvalue weighted by molar-refractivity contribution is 0.0969. The van der Waals surface area contributed by atoms with Crippen molar-refractivity contribution in [2.75, 3.05) is 0 Å². The molecule has 0 unspecified atom stereocenters. The van der Waals surface area contributed by atoms with Crippen LogP contribution in [-0.2, 0) is 20.1 Å². The van der Waals surface area contributed by atoms with E-state index >= 15 is 0 Å². The summed E-state index contributed by atoms with van der Waals surface area (Å²) in [5, 5.41) is 0.113. The first kappa shape index (κ1) is 18.8. The smallest absolute Gasteiger partial charge is 0.305 e. The molecule has 27 heavy (non-hydrogen) atoms. The Morgan fingerprint density at radius 1 is 1.15 bits per heavy atom. The molecule has 0 spiro atoms. The van der Waals surface area contributed by atoms with E-state index in [1.807, 2.05) is 19.9 Å². The van der Waals surface area contributed by atoms with Gasteiger partial charge in [-0.2, -0.15) is 4.98 Å². The van der Waals surface area contributed by atoms with E-state index in [0.29, 0.717) is 12.1 Å². The minimum Gasteiger partial charge on any atom is -0.305 e. The standard InChI is InChI=1S/C19H19ClN4O3/c1-12(2)9-10-23-15-16(21-18(23)20)22(3)19(27)24(17(15)26)11-14(25)13-7-5-4-6-8-13/h4-9H,10-11H2,1-3H3. The quantitative estimate of drug-likeness (QED) is 0.383. The molecule has 1 aromatic carbocycles. The van der Waals surface area contributed by atoms with Gasteiger partial charge in [-0.15, -0.1) is 0 Å². The molecule has 2 aromatic heterocycles. The summed E-state index contributed by atoms with van der Waals surface area (Å²) in [6, 6.07) is 8.54. The zero-order chi connectivity index (χ0) is 19.7. The van der Waals surface area contributed by atoms with Crippen LogP contribution >= 0.6 is 11.6 Å². The highest BCUT2D eigenvalue weighted by molar-refractivity contribution is 6.29. The van der Waals surface area contributed by atoms with Crippen LogP contribution in [0.1, 0.15) is 24.2 Å². The van der Waals surface area contributed by atoms with Crippen LogP contribution in [0.2, 0.25) is 5.28 Å². The van der Waals surface area contributed by atoms with Gasteiger partial charge >= 0.3 is 5.69 Å². The van der Waals surface area contributed by atoms with Gasteiger partial charge in [0.25, 0.3) is 5.56 Å². The summed E-state index contributed by atoms with van der Waals surface area (Å²) in [5.41, 5.74) is 0.681. The van der Waals surface area contributed by atoms with Crippen molar-refractivity contribution in [2.45, 2.75) is 26.9 Å². The summed E-state index contributed by atoms with van der Waals surface area (Å²) in [4.78, 5) is 42.3. The number of imidazole rings is 1. The number of Topliss-reactive ketones (excluding diaryl/α,β-unsaturated/α-hetero) is 1. The van der Waals surface area contributed by atoms with Crippen molar-refractivity contribution >= 4 is 28.5 Å². The van der Waals surface area contributed by atoms with Crippen LogP contribution in [0, 0.1) is 0 Å². The van der Waals surface area contributed by atoms with Crippen LogP contribution in [0.5, 0.6) is 0 Å². The highest BCUT2D eigenvalue weighted by atomic mass is 35.5. The third-order valence-corrected chi connectivity index (χ3v) is 4.55. The van der Waals surface area contributed by atoms with Gasteiger partial charge in [0.15, 0.2) is 16.9 Å². The number of rotatable bonds is 5. The molecule has 0 saturated carbocycles. The number of aryl methyl sites for hydroxylation is 1. The molecule has 0 aliphatic carbocycles. The average Bonchev–Trinajstić information content (AvgIpc) is 2.98. The van der Waals surface area contributed by atoms with Crippen LogP contribution in [0.25, 0.3) is 11.2 Å². The van der Waals surface area contributed by atoms with Crippen molar-refractivity contribution in [3.05, 3.63) is 73.7 Å². The molecule has 0 N–H and O–H groups in total. The Morgan fingerprint density at radius 3 is 2.44 bits per heavy atom. The summed E-state index contributed by atoms with van der Waals surface area (Å²) in [5.74, 6) is -0.324. The molecule has 2 heterocycles. The molecular weight excluding hydrogens is 368 g/mol. The monoisotopic (exact) mass is 386 g/mol. The third kappa shape index (κ3) is 3.50. The molecule has 0 radical (unpaired) electrons. The first-order valence-corrected chi connectivity index (χ1v) is 8.76. The van der Waals surface area contributed by atoms with Gasteiger partial charge in [0, 0.05) is 19.2 Å². The largest absolute Gasteiger partial charge is 0.332 e. The second kappa shape index (κ2) is 7.36. The zero-order valence-electron chi connectivity index (χ0n) is 15.3. The Kier molecular flexibility index (Phi) is 5.14. The van der Waals surface area contributed by atoms with E-state index in [1.165, 1.54) is 16.2 Å². The first-order chi connectivity index (χ1) is 12.8. The molecule has 8 heteroatoms. The number of allylic oxidation sites excluding steroid dienone is 2. The molecule has 0 fully saturated rings. The van der Waals surface area contributed by atoms with E-state index < -0.39 is 11.2 Å². The highest BCUT2D eigenvalue weighted by Gasteiger charge is 2.20. The van der Waals surface area contributed by atoms with Crippen LogP contribution in [0.4, 0.5) is 0 Å². The van der Waals surface area contributed by atoms with Crippen molar-refractivity contribution in [3.8, 4) is 0 Å². The number of ketones is 1. The van der Waals surface area contributed by atoms with Crippen LogP contribution < -0.4 is 11.2 Å². The van der Waals surface area contributed by atoms with Crippen molar-refractivity contribution in [2.24, 2.45) is 7.05 Å². The predicted molar refractivity (Wildman–Crippen MR) is 104 cm³/mol. The van der Waals surface area contributed by atoms with Crippen molar-refractivity contribution in [1.82, 2.24) is 18.7 Å². The maximum absolute atomic E-state index is 13.0. The Bertz CT molecular complexity index is 1170. The van der Waals surface area contributed by atoms with E-state index in [0.717, 1.165) is 10.1 Å². The van der Waals surface area contributed by atoms with E-state index in [4.69, 9.17) is 11.6 Å². The number of nitrogens with zero attached hydrogens (tertiary/aromatic N) is 4. The van der Waals surface area contributed by atoms with Crippen LogP contribution in [-0.4, -0.2) is 24.5 Å². The number of hydrogen-bond donors (Lipinski definition) is 0. The number of fused-ring (bicyclic) bond motifs is 1. The Morgan fingerprint density at radius 2 is 1.81 bits per heavy atom. The second-order valence-corrected chi connectivity index (χ2v) is 6.81. The number of benzene rings is 1. The number of halogens is 1. The minimum absolute atomic E-state index is 0.113. The molecule has 0 bridgehead atoms. The van der Waals surface area contributed by atoms with E-state index in [2.05, 4.69) is 4.98 Å². The van der Waals surface area contributed by atoms with Crippen molar-refractivity contribution < 1.29 is 4.79 Å². The topological polar surface area (TPSA) is 78.9 Å². The number of carbonyl (C=O) groups excluding carboxylic acids is 1. The second-order valence-electron chi connectivity index (χ2n) is 6.47. The summed E-state index contributed by atoms with van der Waals surface area (Å²) in [6.07, 6.45) is 1.90. The van der Waals surface area contributed by atoms with Gasteiger partial charge < -0.3 is 4.57 Å². The van der Waals surface area contributed by atoms with Gasteiger partial charge in [0.1, 0.15) is 0 Å². The Balaban J connectivity index is 2.18. The lowest BCUT2D eigenvalue weighted by Gasteiger charge is -2.09.